The number of amides is 1. The van der Waals surface area contributed by atoms with Crippen molar-refractivity contribution in [3.63, 3.8) is 0 Å². The number of carbonyl (C=O) groups excluding carboxylic acids is 1. The fourth-order valence-electron chi connectivity index (χ4n) is 2.90. The SMILES string of the molecule is CCCC#Cc1ccc(-c2c(C)c(C(N)=O)nn2-c2ccc(Cl)cc2Cl)cc1. The molecule has 1 heterocycles. The van der Waals surface area contributed by atoms with Gasteiger partial charge in [-0.3, -0.25) is 4.79 Å². The molecule has 4 nitrogen and oxygen atoms in total. The Morgan fingerprint density at radius 1 is 1.18 bits per heavy atom. The normalized spacial score (nSPS) is 10.4. The van der Waals surface area contributed by atoms with Crippen molar-refractivity contribution in [2.45, 2.75) is 26.7 Å². The molecule has 0 spiro atoms. The van der Waals surface area contributed by atoms with E-state index in [1.54, 1.807) is 22.9 Å². The number of aromatic nitrogens is 2. The second-order valence-electron chi connectivity index (χ2n) is 6.32. The van der Waals surface area contributed by atoms with Gasteiger partial charge in [-0.15, -0.1) is 0 Å². The van der Waals surface area contributed by atoms with Crippen LogP contribution in [0.2, 0.25) is 10.0 Å². The van der Waals surface area contributed by atoms with Crippen LogP contribution in [-0.4, -0.2) is 15.7 Å². The number of carbonyl (C=O) groups is 1. The van der Waals surface area contributed by atoms with Gasteiger partial charge in [-0.25, -0.2) is 4.68 Å². The fourth-order valence-corrected chi connectivity index (χ4v) is 3.39. The van der Waals surface area contributed by atoms with Gasteiger partial charge in [0.15, 0.2) is 5.69 Å². The van der Waals surface area contributed by atoms with Gasteiger partial charge in [0.25, 0.3) is 5.91 Å². The number of unbranched alkanes of at least 4 members (excludes halogenated alkanes) is 1. The highest BCUT2D eigenvalue weighted by Crippen LogP contribution is 2.32. The smallest absolute Gasteiger partial charge is 0.269 e. The second-order valence-corrected chi connectivity index (χ2v) is 7.17. The summed E-state index contributed by atoms with van der Waals surface area (Å²) in [4.78, 5) is 11.9. The van der Waals surface area contributed by atoms with Crippen LogP contribution in [0.1, 0.15) is 41.4 Å². The first-order chi connectivity index (χ1) is 13.4. The third-order valence-corrected chi connectivity index (χ3v) is 4.80. The molecule has 0 fully saturated rings. The van der Waals surface area contributed by atoms with Crippen molar-refractivity contribution >= 4 is 29.1 Å². The highest BCUT2D eigenvalue weighted by atomic mass is 35.5. The summed E-state index contributed by atoms with van der Waals surface area (Å²) in [5.74, 6) is 5.68. The Hall–Kier alpha value is -2.74. The largest absolute Gasteiger partial charge is 0.364 e. The zero-order valence-corrected chi connectivity index (χ0v) is 17.1. The molecule has 0 atom stereocenters. The van der Waals surface area contributed by atoms with Crippen molar-refractivity contribution in [1.29, 1.82) is 0 Å². The van der Waals surface area contributed by atoms with Crippen LogP contribution in [0.25, 0.3) is 16.9 Å². The van der Waals surface area contributed by atoms with Gasteiger partial charge >= 0.3 is 0 Å². The molecule has 142 valence electrons. The molecule has 0 saturated heterocycles. The minimum atomic E-state index is -0.593. The van der Waals surface area contributed by atoms with Crippen molar-refractivity contribution < 1.29 is 4.79 Å². The Balaban J connectivity index is 2.15. The van der Waals surface area contributed by atoms with Gasteiger partial charge in [-0.1, -0.05) is 54.1 Å². The first-order valence-corrected chi connectivity index (χ1v) is 9.62. The molecule has 0 aliphatic heterocycles. The van der Waals surface area contributed by atoms with E-state index in [1.807, 2.05) is 31.2 Å². The van der Waals surface area contributed by atoms with E-state index in [1.165, 1.54) is 0 Å². The van der Waals surface area contributed by atoms with Gasteiger partial charge in [-0.05, 0) is 43.7 Å². The topological polar surface area (TPSA) is 60.9 Å². The summed E-state index contributed by atoms with van der Waals surface area (Å²) in [6.07, 6.45) is 1.89. The maximum Gasteiger partial charge on any atom is 0.269 e. The Bertz CT molecular complexity index is 1090. The number of hydrogen-bond acceptors (Lipinski definition) is 2. The standard InChI is InChI=1S/C22H19Cl2N3O/c1-3-4-5-6-15-7-9-16(10-8-15)21-14(2)20(22(25)28)26-27(21)19-12-11-17(23)13-18(19)24/h7-13H,3-4H2,1-2H3,(H2,25,28). The second kappa shape index (κ2) is 8.52. The minimum absolute atomic E-state index is 0.202. The zero-order valence-electron chi connectivity index (χ0n) is 15.6. The van der Waals surface area contributed by atoms with Gasteiger partial charge in [0, 0.05) is 28.1 Å². The summed E-state index contributed by atoms with van der Waals surface area (Å²) in [5.41, 5.74) is 9.57. The van der Waals surface area contributed by atoms with Crippen LogP contribution in [0.15, 0.2) is 42.5 Å². The maximum absolute atomic E-state index is 11.9. The Labute approximate surface area is 174 Å². The number of nitrogens with two attached hydrogens (primary N) is 1. The summed E-state index contributed by atoms with van der Waals surface area (Å²) < 4.78 is 1.63. The molecule has 1 amide bonds. The van der Waals surface area contributed by atoms with E-state index in [0.29, 0.717) is 21.3 Å². The zero-order chi connectivity index (χ0) is 20.3. The van der Waals surface area contributed by atoms with Gasteiger partial charge in [-0.2, -0.15) is 5.10 Å². The van der Waals surface area contributed by atoms with E-state index in [9.17, 15) is 4.79 Å². The van der Waals surface area contributed by atoms with E-state index in [0.717, 1.165) is 29.7 Å². The van der Waals surface area contributed by atoms with E-state index >= 15 is 0 Å². The lowest BCUT2D eigenvalue weighted by Gasteiger charge is -2.11. The van der Waals surface area contributed by atoms with Gasteiger partial charge in [0.05, 0.1) is 16.4 Å². The van der Waals surface area contributed by atoms with Gasteiger partial charge in [0.2, 0.25) is 0 Å². The molecular weight excluding hydrogens is 393 g/mol. The monoisotopic (exact) mass is 411 g/mol. The Kier molecular flexibility index (Phi) is 6.08. The molecule has 3 rings (SSSR count). The number of primary amides is 1. The number of hydrogen-bond donors (Lipinski definition) is 1. The predicted molar refractivity (Wildman–Crippen MR) is 114 cm³/mol. The van der Waals surface area contributed by atoms with Crippen molar-refractivity contribution in [3.8, 4) is 28.8 Å². The van der Waals surface area contributed by atoms with Crippen LogP contribution < -0.4 is 5.73 Å². The third-order valence-electron chi connectivity index (χ3n) is 4.26. The maximum atomic E-state index is 11.9. The van der Waals surface area contributed by atoms with Crippen LogP contribution in [0.5, 0.6) is 0 Å². The van der Waals surface area contributed by atoms with Crippen LogP contribution in [0.3, 0.4) is 0 Å². The first-order valence-electron chi connectivity index (χ1n) is 8.86. The summed E-state index contributed by atoms with van der Waals surface area (Å²) in [6.45, 7) is 3.91. The summed E-state index contributed by atoms with van der Waals surface area (Å²) in [7, 11) is 0. The molecule has 28 heavy (non-hydrogen) atoms. The number of nitrogens with zero attached hydrogens (tertiary/aromatic N) is 2. The average molecular weight is 412 g/mol. The van der Waals surface area contributed by atoms with Crippen LogP contribution in [0.4, 0.5) is 0 Å². The highest BCUT2D eigenvalue weighted by molar-refractivity contribution is 6.35. The van der Waals surface area contributed by atoms with Crippen molar-refractivity contribution in [2.75, 3.05) is 0 Å². The van der Waals surface area contributed by atoms with Crippen LogP contribution >= 0.6 is 23.2 Å². The van der Waals surface area contributed by atoms with Crippen molar-refractivity contribution in [2.24, 2.45) is 5.73 Å². The molecule has 0 radical (unpaired) electrons. The van der Waals surface area contributed by atoms with E-state index in [4.69, 9.17) is 28.9 Å². The summed E-state index contributed by atoms with van der Waals surface area (Å²) >= 11 is 12.4. The highest BCUT2D eigenvalue weighted by Gasteiger charge is 2.21. The fraction of sp³-hybridized carbons (Fsp3) is 0.182. The lowest BCUT2D eigenvalue weighted by molar-refractivity contribution is 0.0994. The number of halogens is 2. The average Bonchev–Trinajstić information content (AvgIpc) is 3.00. The Morgan fingerprint density at radius 2 is 1.89 bits per heavy atom. The summed E-state index contributed by atoms with van der Waals surface area (Å²) in [5, 5.41) is 5.36. The molecule has 3 aromatic rings. The molecule has 2 N–H and O–H groups in total. The lowest BCUT2D eigenvalue weighted by atomic mass is 10.0. The molecule has 2 aromatic carbocycles. The first kappa shape index (κ1) is 20.0. The summed E-state index contributed by atoms with van der Waals surface area (Å²) in [6, 6.07) is 12.9. The van der Waals surface area contributed by atoms with E-state index in [-0.39, 0.29) is 5.69 Å². The minimum Gasteiger partial charge on any atom is -0.364 e. The van der Waals surface area contributed by atoms with E-state index in [2.05, 4.69) is 23.9 Å². The third kappa shape index (κ3) is 4.06. The molecule has 0 aliphatic rings. The van der Waals surface area contributed by atoms with Crippen LogP contribution in [-0.2, 0) is 0 Å². The Morgan fingerprint density at radius 3 is 2.50 bits per heavy atom. The van der Waals surface area contributed by atoms with Gasteiger partial charge in [0.1, 0.15) is 0 Å². The van der Waals surface area contributed by atoms with E-state index < -0.39 is 5.91 Å². The van der Waals surface area contributed by atoms with Crippen molar-refractivity contribution in [1.82, 2.24) is 9.78 Å². The molecular formula is C22H19Cl2N3O. The molecule has 0 aliphatic carbocycles. The van der Waals surface area contributed by atoms with Crippen LogP contribution in [0, 0.1) is 18.8 Å². The predicted octanol–water partition coefficient (Wildman–Crippen LogP) is 5.41. The number of benzene rings is 2. The van der Waals surface area contributed by atoms with Crippen molar-refractivity contribution in [3.05, 3.63) is 69.3 Å². The lowest BCUT2D eigenvalue weighted by Crippen LogP contribution is -2.13. The molecule has 0 saturated carbocycles. The quantitative estimate of drug-likeness (QED) is 0.583. The number of rotatable bonds is 4. The molecule has 1 aromatic heterocycles. The molecule has 0 unspecified atom stereocenters. The van der Waals surface area contributed by atoms with Gasteiger partial charge < -0.3 is 5.73 Å². The molecule has 0 bridgehead atoms. The molecule has 6 heteroatoms.